The Bertz CT molecular complexity index is 1390. The van der Waals surface area contributed by atoms with Crippen molar-refractivity contribution < 1.29 is 28.0 Å². The molecule has 35 heavy (non-hydrogen) atoms. The summed E-state index contributed by atoms with van der Waals surface area (Å²) < 4.78 is 15.9. The molecular weight excluding hydrogens is 450 g/mol. The van der Waals surface area contributed by atoms with Crippen LogP contribution in [0.5, 0.6) is 0 Å². The Morgan fingerprint density at radius 1 is 1.11 bits per heavy atom. The van der Waals surface area contributed by atoms with E-state index in [-0.39, 0.29) is 6.54 Å². The lowest BCUT2D eigenvalue weighted by atomic mass is 9.96. The molecule has 0 bridgehead atoms. The van der Waals surface area contributed by atoms with E-state index in [9.17, 15) is 9.59 Å². The Labute approximate surface area is 201 Å². The summed E-state index contributed by atoms with van der Waals surface area (Å²) in [7, 11) is 1.15. The van der Waals surface area contributed by atoms with E-state index in [1.54, 1.807) is 6.26 Å². The number of nitrogens with zero attached hydrogens (tertiary/aromatic N) is 2. The molecule has 0 saturated heterocycles. The van der Waals surface area contributed by atoms with Crippen LogP contribution in [-0.4, -0.2) is 35.9 Å². The van der Waals surface area contributed by atoms with Crippen molar-refractivity contribution in [3.05, 3.63) is 83.5 Å². The number of benzene rings is 2. The summed E-state index contributed by atoms with van der Waals surface area (Å²) >= 11 is 0. The first-order chi connectivity index (χ1) is 16.9. The van der Waals surface area contributed by atoms with Crippen LogP contribution in [0.2, 0.25) is 0 Å². The number of ether oxygens (including phenoxy) is 1. The van der Waals surface area contributed by atoms with E-state index in [0.29, 0.717) is 23.8 Å². The van der Waals surface area contributed by atoms with Gasteiger partial charge in [0.25, 0.3) is 0 Å². The Morgan fingerprint density at radius 2 is 1.89 bits per heavy atom. The zero-order valence-corrected chi connectivity index (χ0v) is 19.6. The molecule has 2 aromatic carbocycles. The molecule has 0 radical (unpaired) electrons. The van der Waals surface area contributed by atoms with E-state index in [1.165, 1.54) is 0 Å². The van der Waals surface area contributed by atoms with Gasteiger partial charge in [0.15, 0.2) is 0 Å². The molecule has 9 nitrogen and oxygen atoms in total. The van der Waals surface area contributed by atoms with Gasteiger partial charge >= 0.3 is 12.2 Å². The maximum absolute atomic E-state index is 12.0. The number of urea groups is 1. The molecule has 180 valence electrons. The van der Waals surface area contributed by atoms with Gasteiger partial charge in [0, 0.05) is 17.4 Å². The molecule has 2 amide bonds. The van der Waals surface area contributed by atoms with Gasteiger partial charge in [-0.15, -0.1) is 5.06 Å². The molecule has 0 fully saturated rings. The van der Waals surface area contributed by atoms with Gasteiger partial charge in [-0.1, -0.05) is 24.3 Å². The van der Waals surface area contributed by atoms with Gasteiger partial charge in [0.05, 0.1) is 25.6 Å². The van der Waals surface area contributed by atoms with Crippen molar-refractivity contribution in [3.63, 3.8) is 0 Å². The highest BCUT2D eigenvalue weighted by atomic mass is 16.8. The van der Waals surface area contributed by atoms with E-state index in [1.807, 2.05) is 68.4 Å². The lowest BCUT2D eigenvalue weighted by Gasteiger charge is -2.21. The minimum atomic E-state index is -1.05. The highest BCUT2D eigenvalue weighted by molar-refractivity contribution is 5.83. The normalized spacial score (nSPS) is 11.7. The number of fused-ring (bicyclic) bond motifs is 1. The number of carbonyl (C=O) groups is 2. The summed E-state index contributed by atoms with van der Waals surface area (Å²) in [6, 6.07) is 16.3. The van der Waals surface area contributed by atoms with Crippen molar-refractivity contribution >= 4 is 28.7 Å². The van der Waals surface area contributed by atoms with Gasteiger partial charge in [0.1, 0.15) is 11.3 Å². The fraction of sp³-hybridized carbons (Fsp3) is 0.192. The number of hydrogen-bond acceptors (Lipinski definition) is 7. The third-order valence-electron chi connectivity index (χ3n) is 5.64. The molecule has 0 saturated carbocycles. The number of nitrogens with two attached hydrogens (primary N) is 1. The molecule has 0 spiro atoms. The van der Waals surface area contributed by atoms with Crippen molar-refractivity contribution in [3.8, 4) is 11.5 Å². The van der Waals surface area contributed by atoms with E-state index in [4.69, 9.17) is 19.4 Å². The number of aryl methyl sites for hydroxylation is 1. The summed E-state index contributed by atoms with van der Waals surface area (Å²) in [4.78, 5) is 33.4. The van der Waals surface area contributed by atoms with Gasteiger partial charge in [-0.3, -0.25) is 0 Å². The Morgan fingerprint density at radius 3 is 2.60 bits per heavy atom. The van der Waals surface area contributed by atoms with Crippen LogP contribution in [0.4, 0.5) is 9.59 Å². The van der Waals surface area contributed by atoms with Gasteiger partial charge in [0.2, 0.25) is 5.89 Å². The summed E-state index contributed by atoms with van der Waals surface area (Å²) in [5.41, 5.74) is 10.3. The average molecular weight is 476 g/mol. The second-order valence-electron chi connectivity index (χ2n) is 7.89. The predicted molar refractivity (Wildman–Crippen MR) is 129 cm³/mol. The maximum Gasteiger partial charge on any atom is 0.533 e. The maximum atomic E-state index is 12.0. The number of oxazole rings is 1. The number of allylic oxidation sites excluding steroid dienone is 1. The van der Waals surface area contributed by atoms with Crippen LogP contribution in [0.15, 0.2) is 75.3 Å². The van der Waals surface area contributed by atoms with Crippen LogP contribution in [-0.2, 0) is 16.0 Å². The minimum absolute atomic E-state index is 0.0906. The monoisotopic (exact) mass is 475 g/mol. The molecule has 0 aliphatic heterocycles. The van der Waals surface area contributed by atoms with Crippen LogP contribution in [0, 0.1) is 6.92 Å². The van der Waals surface area contributed by atoms with Crippen molar-refractivity contribution in [2.45, 2.75) is 20.3 Å². The van der Waals surface area contributed by atoms with E-state index < -0.39 is 12.2 Å². The standard InChI is InChI=1S/C26H25N3O6/c1-16(19-9-10-23-20(13-19)11-12-33-23)21(15-29(25(27)30)35-26(31)32-3)14-22-17(2)34-24(28-22)18-7-5-4-6-8-18/h4-13H,14-15H2,1-3H3,(H2,27,30). The van der Waals surface area contributed by atoms with Gasteiger partial charge in [-0.25, -0.2) is 14.6 Å². The molecule has 2 N–H and O–H groups in total. The van der Waals surface area contributed by atoms with Gasteiger partial charge in [-0.05, 0) is 60.9 Å². The molecule has 0 aliphatic carbocycles. The molecule has 4 rings (SSSR count). The van der Waals surface area contributed by atoms with Crippen LogP contribution in [0.25, 0.3) is 28.0 Å². The Hall–Kier alpha value is -4.53. The minimum Gasteiger partial charge on any atom is -0.464 e. The summed E-state index contributed by atoms with van der Waals surface area (Å²) in [6.45, 7) is 3.66. The number of furan rings is 1. The third kappa shape index (κ3) is 5.35. The first kappa shape index (κ1) is 23.6. The summed E-state index contributed by atoms with van der Waals surface area (Å²) in [5.74, 6) is 1.13. The van der Waals surface area contributed by atoms with Crippen molar-refractivity contribution in [2.24, 2.45) is 5.73 Å². The number of rotatable bonds is 6. The number of aromatic nitrogens is 1. The zero-order valence-electron chi connectivity index (χ0n) is 19.6. The van der Waals surface area contributed by atoms with Crippen molar-refractivity contribution in [1.29, 1.82) is 0 Å². The highest BCUT2D eigenvalue weighted by Crippen LogP contribution is 2.28. The molecule has 9 heteroatoms. The first-order valence-corrected chi connectivity index (χ1v) is 10.9. The number of amides is 2. The Balaban J connectivity index is 1.73. The number of carbonyl (C=O) groups excluding carboxylic acids is 2. The lowest BCUT2D eigenvalue weighted by Crippen LogP contribution is -2.39. The smallest absolute Gasteiger partial charge is 0.464 e. The molecule has 0 aliphatic rings. The third-order valence-corrected chi connectivity index (χ3v) is 5.64. The van der Waals surface area contributed by atoms with Crippen LogP contribution < -0.4 is 5.73 Å². The summed E-state index contributed by atoms with van der Waals surface area (Å²) in [5, 5.41) is 1.69. The quantitative estimate of drug-likeness (QED) is 0.289. The topological polar surface area (TPSA) is 121 Å². The van der Waals surface area contributed by atoms with E-state index >= 15 is 0 Å². The van der Waals surface area contributed by atoms with Crippen molar-refractivity contribution in [1.82, 2.24) is 10.0 Å². The predicted octanol–water partition coefficient (Wildman–Crippen LogP) is 5.49. The fourth-order valence-electron chi connectivity index (χ4n) is 3.67. The highest BCUT2D eigenvalue weighted by Gasteiger charge is 2.22. The average Bonchev–Trinajstić information content (AvgIpc) is 3.48. The number of hydroxylamine groups is 2. The van der Waals surface area contributed by atoms with Gasteiger partial charge < -0.3 is 24.1 Å². The summed E-state index contributed by atoms with van der Waals surface area (Å²) in [6.07, 6.45) is 0.896. The van der Waals surface area contributed by atoms with Crippen LogP contribution >= 0.6 is 0 Å². The van der Waals surface area contributed by atoms with Crippen LogP contribution in [0.3, 0.4) is 0 Å². The van der Waals surface area contributed by atoms with Crippen molar-refractivity contribution in [2.75, 3.05) is 13.7 Å². The number of hydrogen-bond donors (Lipinski definition) is 1. The second kappa shape index (κ2) is 10.2. The number of primary amides is 1. The molecular formula is C26H25N3O6. The zero-order chi connectivity index (χ0) is 24.9. The van der Waals surface area contributed by atoms with Gasteiger partial charge in [-0.2, -0.15) is 0 Å². The van der Waals surface area contributed by atoms with E-state index in [2.05, 4.69) is 9.72 Å². The number of methoxy groups -OCH3 is 1. The largest absolute Gasteiger partial charge is 0.533 e. The SMILES string of the molecule is COC(=O)ON(CC(Cc1nc(-c2ccccc2)oc1C)=C(C)c1ccc2occc2c1)C(N)=O. The van der Waals surface area contributed by atoms with E-state index in [0.717, 1.165) is 45.4 Å². The molecule has 4 aromatic rings. The second-order valence-corrected chi connectivity index (χ2v) is 7.89. The molecule has 2 aromatic heterocycles. The first-order valence-electron chi connectivity index (χ1n) is 10.9. The van der Waals surface area contributed by atoms with Crippen LogP contribution in [0.1, 0.15) is 23.9 Å². The Kier molecular flexibility index (Phi) is 6.86. The molecule has 2 heterocycles. The fourth-order valence-corrected chi connectivity index (χ4v) is 3.67. The lowest BCUT2D eigenvalue weighted by molar-refractivity contribution is -0.0789. The molecule has 0 atom stereocenters. The molecule has 0 unspecified atom stereocenters.